The summed E-state index contributed by atoms with van der Waals surface area (Å²) in [5, 5.41) is 0. The van der Waals surface area contributed by atoms with Crippen LogP contribution in [0, 0.1) is 0 Å². The number of nitrogens with two attached hydrogens (primary N) is 1. The molecule has 0 saturated heterocycles. The van der Waals surface area contributed by atoms with E-state index in [1.165, 1.54) is 11.6 Å². The van der Waals surface area contributed by atoms with Gasteiger partial charge < -0.3 is 10.6 Å². The lowest BCUT2D eigenvalue weighted by molar-refractivity contribution is -0.137. The second-order valence-electron chi connectivity index (χ2n) is 5.10. The summed E-state index contributed by atoms with van der Waals surface area (Å²) in [5.74, 6) is 0.552. The number of hydrogen-bond acceptors (Lipinski definition) is 3. The van der Waals surface area contributed by atoms with Gasteiger partial charge in [0.15, 0.2) is 0 Å². The van der Waals surface area contributed by atoms with Gasteiger partial charge in [0, 0.05) is 25.0 Å². The van der Waals surface area contributed by atoms with Gasteiger partial charge in [0.2, 0.25) is 0 Å². The number of alkyl halides is 3. The van der Waals surface area contributed by atoms with Crippen LogP contribution in [0.1, 0.15) is 16.7 Å². The monoisotopic (exact) mass is 293 g/mol. The van der Waals surface area contributed by atoms with Crippen LogP contribution in [0.25, 0.3) is 0 Å². The zero-order chi connectivity index (χ0) is 15.0. The van der Waals surface area contributed by atoms with Gasteiger partial charge in [-0.3, -0.25) is 0 Å². The molecule has 0 atom stereocenters. The Morgan fingerprint density at radius 3 is 2.57 bits per heavy atom. The van der Waals surface area contributed by atoms with Crippen molar-refractivity contribution in [2.45, 2.75) is 19.1 Å². The standard InChI is InChI=1S/C15H14F3N3/c16-15(17,18)12-2-4-14(20-8-12)21-6-5-10-1-3-13(19)7-11(10)9-21/h1-4,7-8H,5-6,9,19H2. The van der Waals surface area contributed by atoms with Crippen LogP contribution in [0.3, 0.4) is 0 Å². The van der Waals surface area contributed by atoms with Crippen molar-refractivity contribution in [1.29, 1.82) is 0 Å². The number of halogens is 3. The summed E-state index contributed by atoms with van der Waals surface area (Å²) in [7, 11) is 0. The van der Waals surface area contributed by atoms with E-state index < -0.39 is 11.7 Å². The van der Waals surface area contributed by atoms with Crippen molar-refractivity contribution in [3.63, 3.8) is 0 Å². The Hall–Kier alpha value is -2.24. The number of rotatable bonds is 1. The smallest absolute Gasteiger partial charge is 0.399 e. The number of aromatic nitrogens is 1. The van der Waals surface area contributed by atoms with Crippen LogP contribution in [0.15, 0.2) is 36.5 Å². The first kappa shape index (κ1) is 13.7. The maximum Gasteiger partial charge on any atom is 0.417 e. The molecule has 0 fully saturated rings. The number of nitrogens with zero attached hydrogens (tertiary/aromatic N) is 2. The topological polar surface area (TPSA) is 42.1 Å². The Morgan fingerprint density at radius 2 is 1.90 bits per heavy atom. The average molecular weight is 293 g/mol. The maximum absolute atomic E-state index is 12.5. The van der Waals surface area contributed by atoms with Gasteiger partial charge in [-0.05, 0) is 41.8 Å². The molecule has 2 heterocycles. The molecule has 0 unspecified atom stereocenters. The van der Waals surface area contributed by atoms with Gasteiger partial charge in [-0.1, -0.05) is 6.07 Å². The third kappa shape index (κ3) is 2.79. The van der Waals surface area contributed by atoms with Gasteiger partial charge in [0.25, 0.3) is 0 Å². The SMILES string of the molecule is Nc1ccc2c(c1)CN(c1ccc(C(F)(F)F)cn1)CC2. The summed E-state index contributed by atoms with van der Waals surface area (Å²) in [6, 6.07) is 8.26. The zero-order valence-electron chi connectivity index (χ0n) is 11.2. The van der Waals surface area contributed by atoms with E-state index in [9.17, 15) is 13.2 Å². The predicted octanol–water partition coefficient (Wildman–Crippen LogP) is 3.25. The molecule has 110 valence electrons. The van der Waals surface area contributed by atoms with Gasteiger partial charge in [-0.25, -0.2) is 4.98 Å². The van der Waals surface area contributed by atoms with Gasteiger partial charge in [-0.2, -0.15) is 13.2 Å². The van der Waals surface area contributed by atoms with E-state index in [1.807, 2.05) is 23.1 Å². The highest BCUT2D eigenvalue weighted by Gasteiger charge is 2.31. The van der Waals surface area contributed by atoms with E-state index in [4.69, 9.17) is 5.73 Å². The lowest BCUT2D eigenvalue weighted by atomic mass is 9.99. The normalized spacial score (nSPS) is 14.9. The maximum atomic E-state index is 12.5. The Morgan fingerprint density at radius 1 is 1.10 bits per heavy atom. The largest absolute Gasteiger partial charge is 0.417 e. The molecule has 3 rings (SSSR count). The predicted molar refractivity (Wildman–Crippen MR) is 74.8 cm³/mol. The molecule has 1 aliphatic heterocycles. The Bertz CT molecular complexity index is 650. The van der Waals surface area contributed by atoms with Gasteiger partial charge in [-0.15, -0.1) is 0 Å². The second-order valence-corrected chi connectivity index (χ2v) is 5.10. The van der Waals surface area contributed by atoms with Crippen LogP contribution < -0.4 is 10.6 Å². The van der Waals surface area contributed by atoms with E-state index in [0.717, 1.165) is 30.8 Å². The molecule has 0 radical (unpaired) electrons. The van der Waals surface area contributed by atoms with E-state index in [1.54, 1.807) is 0 Å². The van der Waals surface area contributed by atoms with Crippen LogP contribution in [-0.2, 0) is 19.1 Å². The first-order valence-corrected chi connectivity index (χ1v) is 6.59. The summed E-state index contributed by atoms with van der Waals surface area (Å²) in [6.07, 6.45) is -2.64. The molecule has 1 aromatic carbocycles. The molecule has 3 nitrogen and oxygen atoms in total. The molecule has 0 saturated carbocycles. The van der Waals surface area contributed by atoms with Crippen LogP contribution in [0.2, 0.25) is 0 Å². The molecule has 0 aliphatic carbocycles. The number of nitrogen functional groups attached to an aromatic ring is 1. The minimum absolute atomic E-state index is 0.552. The van der Waals surface area contributed by atoms with Crippen LogP contribution in [-0.4, -0.2) is 11.5 Å². The quantitative estimate of drug-likeness (QED) is 0.821. The minimum atomic E-state index is -4.35. The van der Waals surface area contributed by atoms with Crippen molar-refractivity contribution in [3.8, 4) is 0 Å². The Kier molecular flexibility index (Phi) is 3.23. The number of anilines is 2. The molecule has 0 amide bonds. The summed E-state index contributed by atoms with van der Waals surface area (Å²) in [5.41, 5.74) is 8.07. The molecular formula is C15H14F3N3. The highest BCUT2D eigenvalue weighted by atomic mass is 19.4. The fourth-order valence-electron chi connectivity index (χ4n) is 2.51. The number of pyridine rings is 1. The molecule has 2 N–H and O–H groups in total. The highest BCUT2D eigenvalue weighted by Crippen LogP contribution is 2.30. The summed E-state index contributed by atoms with van der Waals surface area (Å²) in [6.45, 7) is 1.34. The van der Waals surface area contributed by atoms with E-state index in [0.29, 0.717) is 18.1 Å². The summed E-state index contributed by atoms with van der Waals surface area (Å²) >= 11 is 0. The van der Waals surface area contributed by atoms with E-state index in [2.05, 4.69) is 4.98 Å². The van der Waals surface area contributed by atoms with Crippen molar-refractivity contribution in [2.75, 3.05) is 17.2 Å². The number of benzene rings is 1. The molecule has 0 bridgehead atoms. The fourth-order valence-corrected chi connectivity index (χ4v) is 2.51. The summed E-state index contributed by atoms with van der Waals surface area (Å²) in [4.78, 5) is 5.90. The van der Waals surface area contributed by atoms with E-state index in [-0.39, 0.29) is 0 Å². The molecule has 2 aromatic rings. The van der Waals surface area contributed by atoms with Crippen LogP contribution in [0.4, 0.5) is 24.7 Å². The minimum Gasteiger partial charge on any atom is -0.399 e. The third-order valence-electron chi connectivity index (χ3n) is 3.64. The molecule has 0 spiro atoms. The molecule has 6 heteroatoms. The first-order chi connectivity index (χ1) is 9.93. The van der Waals surface area contributed by atoms with Crippen LogP contribution in [0.5, 0.6) is 0 Å². The van der Waals surface area contributed by atoms with Crippen molar-refractivity contribution < 1.29 is 13.2 Å². The lowest BCUT2D eigenvalue weighted by Crippen LogP contribution is -2.31. The molecular weight excluding hydrogens is 279 g/mol. The van der Waals surface area contributed by atoms with Gasteiger partial charge >= 0.3 is 6.18 Å². The number of fused-ring (bicyclic) bond motifs is 1. The molecule has 1 aliphatic rings. The zero-order valence-corrected chi connectivity index (χ0v) is 11.2. The lowest BCUT2D eigenvalue weighted by Gasteiger charge is -2.30. The van der Waals surface area contributed by atoms with Gasteiger partial charge in [0.1, 0.15) is 5.82 Å². The first-order valence-electron chi connectivity index (χ1n) is 6.59. The Balaban J connectivity index is 1.83. The van der Waals surface area contributed by atoms with Crippen molar-refractivity contribution in [1.82, 2.24) is 4.98 Å². The van der Waals surface area contributed by atoms with Crippen molar-refractivity contribution in [2.24, 2.45) is 0 Å². The molecule has 1 aromatic heterocycles. The molecule has 21 heavy (non-hydrogen) atoms. The fraction of sp³-hybridized carbons (Fsp3) is 0.267. The van der Waals surface area contributed by atoms with E-state index >= 15 is 0 Å². The van der Waals surface area contributed by atoms with Crippen molar-refractivity contribution >= 4 is 11.5 Å². The second kappa shape index (κ2) is 4.95. The average Bonchev–Trinajstić information content (AvgIpc) is 2.45. The van der Waals surface area contributed by atoms with Crippen molar-refractivity contribution in [3.05, 3.63) is 53.2 Å². The third-order valence-corrected chi connectivity index (χ3v) is 3.64. The highest BCUT2D eigenvalue weighted by molar-refractivity contribution is 5.50. The Labute approximate surface area is 120 Å². The van der Waals surface area contributed by atoms with Crippen LogP contribution >= 0.6 is 0 Å². The summed E-state index contributed by atoms with van der Waals surface area (Å²) < 4.78 is 37.6. The van der Waals surface area contributed by atoms with Gasteiger partial charge in [0.05, 0.1) is 5.56 Å². The number of hydrogen-bond donors (Lipinski definition) is 1.